The zero-order chi connectivity index (χ0) is 12.1. The maximum Gasteiger partial charge on any atom is 1.00 e. The van der Waals surface area contributed by atoms with Gasteiger partial charge in [-0.05, 0) is 34.1 Å². The molecule has 3 nitrogen and oxygen atoms in total. The molecule has 0 N–H and O–H groups in total. The average Bonchev–Trinajstić information content (AvgIpc) is 2.01. The third-order valence-corrected chi connectivity index (χ3v) is 5.01. The van der Waals surface area contributed by atoms with Gasteiger partial charge in [-0.15, -0.1) is 0 Å². The normalized spacial score (nSPS) is 14.1. The van der Waals surface area contributed by atoms with E-state index in [4.69, 9.17) is 21.7 Å². The summed E-state index contributed by atoms with van der Waals surface area (Å²) in [5, 5.41) is 0. The van der Waals surface area contributed by atoms with E-state index in [0.29, 0.717) is 6.42 Å². The van der Waals surface area contributed by atoms with Crippen molar-refractivity contribution in [2.75, 3.05) is 0 Å². The van der Waals surface area contributed by atoms with E-state index in [1.165, 1.54) is 0 Å². The Balaban J connectivity index is 0. The third kappa shape index (κ3) is 7.56. The van der Waals surface area contributed by atoms with Crippen molar-refractivity contribution in [3.05, 3.63) is 0 Å². The van der Waals surface area contributed by atoms with E-state index in [1.807, 2.05) is 34.6 Å². The van der Waals surface area contributed by atoms with E-state index in [0.717, 1.165) is 6.42 Å². The fraction of sp³-hybridized carbons (Fsp3) is 1.00. The smallest absolute Gasteiger partial charge is 0.743 e. The fourth-order valence-electron chi connectivity index (χ4n) is 1.15. The summed E-state index contributed by atoms with van der Waals surface area (Å²) in [5.74, 6) is 0. The summed E-state index contributed by atoms with van der Waals surface area (Å²) in [6, 6.07) is 0. The van der Waals surface area contributed by atoms with Gasteiger partial charge in [0, 0.05) is 4.99 Å². The largest absolute Gasteiger partial charge is 1.00 e. The Morgan fingerprint density at radius 2 is 1.50 bits per heavy atom. The van der Waals surface area contributed by atoms with Crippen molar-refractivity contribution in [3.63, 3.8) is 0 Å². The molecule has 0 aromatic rings. The van der Waals surface area contributed by atoms with Crippen LogP contribution in [0.15, 0.2) is 0 Å². The predicted octanol–water partition coefficient (Wildman–Crippen LogP) is -0.364. The maximum absolute atomic E-state index is 12.4. The van der Waals surface area contributed by atoms with Crippen LogP contribution in [-0.4, -0.2) is 17.2 Å². The maximum atomic E-state index is 12.4. The van der Waals surface area contributed by atoms with Crippen LogP contribution in [-0.2, 0) is 21.7 Å². The first-order valence-corrected chi connectivity index (χ1v) is 7.52. The molecule has 0 aromatic heterocycles. The molecule has 0 fully saturated rings. The fourth-order valence-corrected chi connectivity index (χ4v) is 3.76. The molecule has 0 spiro atoms. The van der Waals surface area contributed by atoms with Gasteiger partial charge in [-0.3, -0.25) is 0 Å². The summed E-state index contributed by atoms with van der Waals surface area (Å²) in [4.78, 5) is 11.9. The second kappa shape index (κ2) is 9.22. The van der Waals surface area contributed by atoms with Crippen LogP contribution in [0.25, 0.3) is 0 Å². The zero-order valence-corrected chi connectivity index (χ0v) is 12.9. The minimum absolute atomic E-state index is 0. The molecule has 0 aliphatic carbocycles. The number of rotatable bonds is 7. The van der Waals surface area contributed by atoms with Crippen LogP contribution in [0, 0.1) is 0 Å². The van der Waals surface area contributed by atoms with E-state index in [2.05, 4.69) is 0 Å². The molecule has 0 aliphatic heterocycles. The number of hydrogen-bond donors (Lipinski definition) is 0. The third-order valence-electron chi connectivity index (χ3n) is 1.60. The van der Waals surface area contributed by atoms with Gasteiger partial charge in [0.05, 0.1) is 12.2 Å². The van der Waals surface area contributed by atoms with Crippen LogP contribution in [0.2, 0.25) is 0 Å². The Morgan fingerprint density at radius 1 is 1.12 bits per heavy atom. The van der Waals surface area contributed by atoms with Crippen LogP contribution >= 0.6 is 7.94 Å². The Bertz CT molecular complexity index is 171. The van der Waals surface area contributed by atoms with Crippen molar-refractivity contribution in [2.45, 2.75) is 64.7 Å². The minimum Gasteiger partial charge on any atom is -0.743 e. The summed E-state index contributed by atoms with van der Waals surface area (Å²) >= 11 is 5.20. The first-order valence-electron chi connectivity index (χ1n) is 5.44. The monoisotopic (exact) mass is 260 g/mol. The van der Waals surface area contributed by atoms with E-state index >= 15 is 0 Å². The summed E-state index contributed by atoms with van der Waals surface area (Å²) in [6.07, 6.45) is 1.32. The Morgan fingerprint density at radius 3 is 1.75 bits per heavy atom. The van der Waals surface area contributed by atoms with E-state index in [1.54, 1.807) is 0 Å². The molecule has 1 atom stereocenters. The van der Waals surface area contributed by atoms with Crippen molar-refractivity contribution < 1.29 is 32.8 Å². The first kappa shape index (κ1) is 19.6. The molecule has 0 radical (unpaired) electrons. The van der Waals surface area contributed by atoms with Crippen molar-refractivity contribution in [1.29, 1.82) is 0 Å². The van der Waals surface area contributed by atoms with Crippen molar-refractivity contribution >= 4 is 20.6 Å². The molecule has 0 unspecified atom stereocenters. The Kier molecular flexibility index (Phi) is 11.3. The van der Waals surface area contributed by atoms with Gasteiger partial charge >= 0.3 is 18.9 Å². The Hall–Kier alpha value is 1.26. The molecule has 0 aliphatic rings. The standard InChI is InChI=1S/C10H23O3PS.Li/c1-6-7-10(15)14(11,12-8(2)3)13-9(4)5;/h8-10,15H,6-7H2,1-5H3;/q;+1/p-1/t10-;/m1./s1. The molecule has 0 amide bonds. The molecule has 0 aromatic carbocycles. The van der Waals surface area contributed by atoms with Gasteiger partial charge in [0.15, 0.2) is 0 Å². The molecule has 6 heteroatoms. The quantitative estimate of drug-likeness (QED) is 0.356. The Labute approximate surface area is 118 Å². The van der Waals surface area contributed by atoms with Crippen LogP contribution in [0.1, 0.15) is 47.5 Å². The van der Waals surface area contributed by atoms with Crippen molar-refractivity contribution in [2.24, 2.45) is 0 Å². The molecular weight excluding hydrogens is 238 g/mol. The minimum atomic E-state index is -3.12. The SMILES string of the molecule is CCC[C@@H]([S-])[P+]([O-])(OC(C)C)OC(C)C.[Li+]. The zero-order valence-electron chi connectivity index (χ0n) is 11.2. The molecule has 0 saturated heterocycles. The predicted molar refractivity (Wildman–Crippen MR) is 65.4 cm³/mol. The summed E-state index contributed by atoms with van der Waals surface area (Å²) in [5.41, 5.74) is 0. The van der Waals surface area contributed by atoms with Crippen LogP contribution in [0.4, 0.5) is 0 Å². The molecular formula is C10H22LiO3PS. The van der Waals surface area contributed by atoms with Gasteiger partial charge in [-0.2, -0.15) is 0 Å². The van der Waals surface area contributed by atoms with Gasteiger partial charge < -0.3 is 17.5 Å². The molecule has 0 bridgehead atoms. The molecule has 16 heavy (non-hydrogen) atoms. The summed E-state index contributed by atoms with van der Waals surface area (Å²) < 4.78 is 10.8. The van der Waals surface area contributed by atoms with Gasteiger partial charge in [-0.1, -0.05) is 13.3 Å². The topological polar surface area (TPSA) is 41.5 Å². The number of hydrogen-bond acceptors (Lipinski definition) is 4. The van der Waals surface area contributed by atoms with Crippen LogP contribution in [0.3, 0.4) is 0 Å². The average molecular weight is 260 g/mol. The molecule has 92 valence electrons. The summed E-state index contributed by atoms with van der Waals surface area (Å²) in [6.45, 7) is 9.36. The van der Waals surface area contributed by atoms with Gasteiger partial charge in [0.1, 0.15) is 0 Å². The first-order chi connectivity index (χ1) is 6.81. The van der Waals surface area contributed by atoms with Crippen molar-refractivity contribution in [1.82, 2.24) is 0 Å². The van der Waals surface area contributed by atoms with E-state index in [9.17, 15) is 4.89 Å². The second-order valence-electron chi connectivity index (χ2n) is 4.09. The van der Waals surface area contributed by atoms with Crippen molar-refractivity contribution in [3.8, 4) is 0 Å². The van der Waals surface area contributed by atoms with Gasteiger partial charge in [0.25, 0.3) is 0 Å². The van der Waals surface area contributed by atoms with Gasteiger partial charge in [0.2, 0.25) is 7.94 Å². The molecule has 0 heterocycles. The van der Waals surface area contributed by atoms with Crippen LogP contribution in [0.5, 0.6) is 0 Å². The van der Waals surface area contributed by atoms with E-state index in [-0.39, 0.29) is 31.1 Å². The van der Waals surface area contributed by atoms with E-state index < -0.39 is 12.9 Å². The summed E-state index contributed by atoms with van der Waals surface area (Å²) in [7, 11) is -3.12. The molecule has 0 saturated carbocycles. The van der Waals surface area contributed by atoms with Crippen LogP contribution < -0.4 is 23.8 Å². The second-order valence-corrected chi connectivity index (χ2v) is 7.13. The van der Waals surface area contributed by atoms with Gasteiger partial charge in [-0.25, -0.2) is 9.05 Å². The molecule has 0 rings (SSSR count).